The number of benzene rings is 1. The van der Waals surface area contributed by atoms with E-state index in [-0.39, 0.29) is 0 Å². The molecule has 1 aliphatic rings. The molecule has 1 aromatic carbocycles. The summed E-state index contributed by atoms with van der Waals surface area (Å²) in [6.45, 7) is 1.91. The molecule has 3 heteroatoms. The highest BCUT2D eigenvalue weighted by Crippen LogP contribution is 2.45. The van der Waals surface area contributed by atoms with Crippen molar-refractivity contribution in [1.29, 1.82) is 0 Å². The maximum atomic E-state index is 11.4. The maximum absolute atomic E-state index is 11.4. The average Bonchev–Trinajstić information content (AvgIpc) is 2.15. The predicted octanol–water partition coefficient (Wildman–Crippen LogP) is 2.31. The van der Waals surface area contributed by atoms with Gasteiger partial charge in [-0.15, -0.1) is 0 Å². The van der Waals surface area contributed by atoms with Gasteiger partial charge in [0.2, 0.25) is 0 Å². The summed E-state index contributed by atoms with van der Waals surface area (Å²) in [5, 5.41) is 9.33. The van der Waals surface area contributed by atoms with Crippen molar-refractivity contribution in [1.82, 2.24) is 0 Å². The van der Waals surface area contributed by atoms with Crippen LogP contribution < -0.4 is 0 Å². The van der Waals surface area contributed by atoms with Crippen LogP contribution >= 0.6 is 0 Å². The highest BCUT2D eigenvalue weighted by atomic mass is 16.4. The molecule has 2 rings (SSSR count). The second-order valence-corrected chi connectivity index (χ2v) is 4.45. The molecule has 0 unspecified atom stereocenters. The van der Waals surface area contributed by atoms with Gasteiger partial charge in [-0.2, -0.15) is 0 Å². The second-order valence-electron chi connectivity index (χ2n) is 4.45. The standard InChI is InChI=1S/C13H14O3/c1-9-3-4-10(8-14)11(7-9)13(12(15)16)5-2-6-13/h3-4,7-8H,2,5-6H2,1H3,(H,15,16). The summed E-state index contributed by atoms with van der Waals surface area (Å²) in [5.74, 6) is -0.813. The Hall–Kier alpha value is -1.64. The summed E-state index contributed by atoms with van der Waals surface area (Å²) in [4.78, 5) is 22.3. The van der Waals surface area contributed by atoms with Gasteiger partial charge in [0.15, 0.2) is 0 Å². The lowest BCUT2D eigenvalue weighted by Crippen LogP contribution is -2.43. The Kier molecular flexibility index (Phi) is 2.54. The molecule has 0 atom stereocenters. The molecule has 3 nitrogen and oxygen atoms in total. The van der Waals surface area contributed by atoms with E-state index in [0.717, 1.165) is 18.3 Å². The Labute approximate surface area is 94.1 Å². The topological polar surface area (TPSA) is 54.4 Å². The Balaban J connectivity index is 2.57. The number of hydrogen-bond donors (Lipinski definition) is 1. The van der Waals surface area contributed by atoms with Crippen molar-refractivity contribution in [3.05, 3.63) is 34.9 Å². The number of carbonyl (C=O) groups excluding carboxylic acids is 1. The summed E-state index contributed by atoms with van der Waals surface area (Å²) in [7, 11) is 0. The lowest BCUT2D eigenvalue weighted by atomic mass is 9.63. The molecule has 0 bridgehead atoms. The van der Waals surface area contributed by atoms with Gasteiger partial charge in [0.25, 0.3) is 0 Å². The van der Waals surface area contributed by atoms with Crippen LogP contribution in [0.4, 0.5) is 0 Å². The molecule has 0 radical (unpaired) electrons. The molecule has 0 spiro atoms. The van der Waals surface area contributed by atoms with Crippen LogP contribution in [-0.4, -0.2) is 17.4 Å². The Morgan fingerprint density at radius 2 is 2.12 bits per heavy atom. The van der Waals surface area contributed by atoms with Crippen LogP contribution in [0.2, 0.25) is 0 Å². The maximum Gasteiger partial charge on any atom is 0.314 e. The first-order chi connectivity index (χ1) is 7.60. The summed E-state index contributed by atoms with van der Waals surface area (Å²) < 4.78 is 0. The van der Waals surface area contributed by atoms with E-state index in [2.05, 4.69) is 0 Å². The SMILES string of the molecule is Cc1ccc(C=O)c(C2(C(=O)O)CCC2)c1. The van der Waals surface area contributed by atoms with Crippen LogP contribution in [0.25, 0.3) is 0 Å². The molecule has 0 amide bonds. The van der Waals surface area contributed by atoms with Crippen LogP contribution in [0.5, 0.6) is 0 Å². The molecule has 0 heterocycles. The largest absolute Gasteiger partial charge is 0.481 e. The molecule has 16 heavy (non-hydrogen) atoms. The first-order valence-corrected chi connectivity index (χ1v) is 5.40. The van der Waals surface area contributed by atoms with E-state index >= 15 is 0 Å². The van der Waals surface area contributed by atoms with Crippen LogP contribution in [-0.2, 0) is 10.2 Å². The van der Waals surface area contributed by atoms with Gasteiger partial charge in [-0.05, 0) is 25.3 Å². The third kappa shape index (κ3) is 1.43. The number of carboxylic acid groups (broad SMARTS) is 1. The minimum atomic E-state index is -0.817. The van der Waals surface area contributed by atoms with Crippen molar-refractivity contribution in [2.24, 2.45) is 0 Å². The number of aliphatic carboxylic acids is 1. The molecule has 1 aliphatic carbocycles. The molecular formula is C13H14O3. The van der Waals surface area contributed by atoms with Gasteiger partial charge < -0.3 is 5.11 Å². The van der Waals surface area contributed by atoms with Crippen LogP contribution in [0, 0.1) is 6.92 Å². The minimum absolute atomic E-state index is 0.507. The fourth-order valence-corrected chi connectivity index (χ4v) is 2.32. The zero-order valence-corrected chi connectivity index (χ0v) is 9.19. The third-order valence-corrected chi connectivity index (χ3v) is 3.47. The van der Waals surface area contributed by atoms with Gasteiger partial charge in [0, 0.05) is 5.56 Å². The quantitative estimate of drug-likeness (QED) is 0.792. The monoisotopic (exact) mass is 218 g/mol. The predicted molar refractivity (Wildman–Crippen MR) is 59.7 cm³/mol. The smallest absolute Gasteiger partial charge is 0.314 e. The average molecular weight is 218 g/mol. The van der Waals surface area contributed by atoms with Crippen molar-refractivity contribution in [2.45, 2.75) is 31.6 Å². The fraction of sp³-hybridized carbons (Fsp3) is 0.385. The van der Waals surface area contributed by atoms with E-state index in [0.29, 0.717) is 24.0 Å². The molecule has 1 fully saturated rings. The molecular weight excluding hydrogens is 204 g/mol. The normalized spacial score (nSPS) is 17.6. The first kappa shape index (κ1) is 10.9. The second kappa shape index (κ2) is 3.74. The highest BCUT2D eigenvalue weighted by Gasteiger charge is 2.47. The zero-order chi connectivity index (χ0) is 11.8. The number of carbonyl (C=O) groups is 2. The number of aryl methyl sites for hydroxylation is 1. The summed E-state index contributed by atoms with van der Waals surface area (Å²) in [5.41, 5.74) is 1.37. The Morgan fingerprint density at radius 3 is 2.56 bits per heavy atom. The van der Waals surface area contributed by atoms with Crippen molar-refractivity contribution in [3.63, 3.8) is 0 Å². The number of carboxylic acids is 1. The van der Waals surface area contributed by atoms with Gasteiger partial charge in [-0.1, -0.05) is 30.2 Å². The Morgan fingerprint density at radius 1 is 1.44 bits per heavy atom. The zero-order valence-electron chi connectivity index (χ0n) is 9.19. The molecule has 0 saturated heterocycles. The van der Waals surface area contributed by atoms with Crippen molar-refractivity contribution >= 4 is 12.3 Å². The molecule has 0 aromatic heterocycles. The van der Waals surface area contributed by atoms with E-state index in [1.54, 1.807) is 6.07 Å². The van der Waals surface area contributed by atoms with Crippen molar-refractivity contribution in [3.8, 4) is 0 Å². The molecule has 1 aromatic rings. The summed E-state index contributed by atoms with van der Waals surface area (Å²) >= 11 is 0. The first-order valence-electron chi connectivity index (χ1n) is 5.40. The van der Waals surface area contributed by atoms with Crippen molar-refractivity contribution < 1.29 is 14.7 Å². The molecule has 1 saturated carbocycles. The van der Waals surface area contributed by atoms with Crippen LogP contribution in [0.3, 0.4) is 0 Å². The molecule has 84 valence electrons. The van der Waals surface area contributed by atoms with Crippen molar-refractivity contribution in [2.75, 3.05) is 0 Å². The van der Waals surface area contributed by atoms with Gasteiger partial charge in [0.05, 0.1) is 5.41 Å². The lowest BCUT2D eigenvalue weighted by molar-refractivity contribution is -0.147. The van der Waals surface area contributed by atoms with E-state index in [9.17, 15) is 14.7 Å². The highest BCUT2D eigenvalue weighted by molar-refractivity contribution is 5.88. The van der Waals surface area contributed by atoms with E-state index in [4.69, 9.17) is 0 Å². The summed E-state index contributed by atoms with van der Waals surface area (Å²) in [6, 6.07) is 5.37. The van der Waals surface area contributed by atoms with Crippen LogP contribution in [0.1, 0.15) is 40.7 Å². The number of aldehydes is 1. The van der Waals surface area contributed by atoms with Crippen LogP contribution in [0.15, 0.2) is 18.2 Å². The lowest BCUT2D eigenvalue weighted by Gasteiger charge is -2.39. The van der Waals surface area contributed by atoms with Gasteiger partial charge >= 0.3 is 5.97 Å². The molecule has 0 aliphatic heterocycles. The summed E-state index contributed by atoms with van der Waals surface area (Å²) in [6.07, 6.45) is 2.93. The molecule has 1 N–H and O–H groups in total. The van der Waals surface area contributed by atoms with E-state index < -0.39 is 11.4 Å². The Bertz CT molecular complexity index is 444. The number of hydrogen-bond acceptors (Lipinski definition) is 2. The van der Waals surface area contributed by atoms with E-state index in [1.807, 2.05) is 19.1 Å². The van der Waals surface area contributed by atoms with Gasteiger partial charge in [0.1, 0.15) is 6.29 Å². The van der Waals surface area contributed by atoms with Gasteiger partial charge in [-0.3, -0.25) is 9.59 Å². The third-order valence-electron chi connectivity index (χ3n) is 3.47. The van der Waals surface area contributed by atoms with Gasteiger partial charge in [-0.25, -0.2) is 0 Å². The fourth-order valence-electron chi connectivity index (χ4n) is 2.32. The van der Waals surface area contributed by atoms with E-state index in [1.165, 1.54) is 0 Å². The number of rotatable bonds is 3. The minimum Gasteiger partial charge on any atom is -0.481 e.